The van der Waals surface area contributed by atoms with Crippen LogP contribution in [-0.2, 0) is 16.1 Å². The summed E-state index contributed by atoms with van der Waals surface area (Å²) in [6.07, 6.45) is 5.85. The van der Waals surface area contributed by atoms with Gasteiger partial charge in [-0.15, -0.1) is 0 Å². The third kappa shape index (κ3) is 2.95. The second-order valence-electron chi connectivity index (χ2n) is 6.01. The fourth-order valence-corrected chi connectivity index (χ4v) is 3.34. The molecule has 0 aromatic carbocycles. The van der Waals surface area contributed by atoms with E-state index in [0.29, 0.717) is 19.5 Å². The predicted molar refractivity (Wildman–Crippen MR) is 81.2 cm³/mol. The highest BCUT2D eigenvalue weighted by Gasteiger charge is 2.50. The lowest BCUT2D eigenvalue weighted by Crippen LogP contribution is -2.56. The summed E-state index contributed by atoms with van der Waals surface area (Å²) in [6.45, 7) is 2.81. The Balaban J connectivity index is 1.83. The zero-order valence-corrected chi connectivity index (χ0v) is 13.5. The summed E-state index contributed by atoms with van der Waals surface area (Å²) < 4.78 is 0.890. The van der Waals surface area contributed by atoms with Crippen molar-refractivity contribution in [1.82, 2.24) is 15.2 Å². The minimum atomic E-state index is -0.743. The van der Waals surface area contributed by atoms with E-state index in [1.54, 1.807) is 17.3 Å². The summed E-state index contributed by atoms with van der Waals surface area (Å²) in [6, 6.07) is 1.95. The first kappa shape index (κ1) is 14.5. The number of amides is 2. The fraction of sp³-hybridized carbons (Fsp3) is 0.533. The maximum absolute atomic E-state index is 12.9. The molecular formula is C15H18BrN3O2. The molecule has 2 heterocycles. The number of nitrogens with one attached hydrogen (secondary N) is 1. The third-order valence-electron chi connectivity index (χ3n) is 4.27. The molecule has 0 bridgehead atoms. The van der Waals surface area contributed by atoms with Crippen LogP contribution in [0.15, 0.2) is 22.9 Å². The van der Waals surface area contributed by atoms with Gasteiger partial charge in [0, 0.05) is 36.4 Å². The van der Waals surface area contributed by atoms with Crippen LogP contribution < -0.4 is 5.32 Å². The van der Waals surface area contributed by atoms with E-state index >= 15 is 0 Å². The van der Waals surface area contributed by atoms with Gasteiger partial charge in [-0.3, -0.25) is 14.6 Å². The van der Waals surface area contributed by atoms with Gasteiger partial charge in [0.1, 0.15) is 5.54 Å². The number of carbonyl (C=O) groups is 2. The summed E-state index contributed by atoms with van der Waals surface area (Å²) in [4.78, 5) is 30.7. The van der Waals surface area contributed by atoms with E-state index in [1.165, 1.54) is 0 Å². The lowest BCUT2D eigenvalue weighted by atomic mass is 9.94. The molecule has 5 nitrogen and oxygen atoms in total. The van der Waals surface area contributed by atoms with E-state index in [1.807, 2.05) is 13.0 Å². The zero-order chi connectivity index (χ0) is 15.0. The molecule has 1 saturated carbocycles. The second-order valence-corrected chi connectivity index (χ2v) is 6.93. The first-order chi connectivity index (χ1) is 9.99. The summed E-state index contributed by atoms with van der Waals surface area (Å²) >= 11 is 3.39. The van der Waals surface area contributed by atoms with E-state index in [4.69, 9.17) is 0 Å². The van der Waals surface area contributed by atoms with Gasteiger partial charge >= 0.3 is 0 Å². The SMILES string of the molecule is CC1(C2CC2)NC(=O)CCN(Cc2cncc(Br)c2)C1=O. The van der Waals surface area contributed by atoms with Crippen molar-refractivity contribution < 1.29 is 9.59 Å². The lowest BCUT2D eigenvalue weighted by molar-refractivity contribution is -0.139. The van der Waals surface area contributed by atoms with Crippen molar-refractivity contribution in [2.75, 3.05) is 6.54 Å². The maximum atomic E-state index is 12.9. The Morgan fingerprint density at radius 2 is 2.19 bits per heavy atom. The highest BCUT2D eigenvalue weighted by molar-refractivity contribution is 9.10. The van der Waals surface area contributed by atoms with Crippen LogP contribution in [0, 0.1) is 5.92 Å². The molecule has 0 radical (unpaired) electrons. The molecule has 2 aliphatic rings. The van der Waals surface area contributed by atoms with Gasteiger partial charge in [-0.1, -0.05) is 0 Å². The van der Waals surface area contributed by atoms with Crippen molar-refractivity contribution >= 4 is 27.7 Å². The number of nitrogens with zero attached hydrogens (tertiary/aromatic N) is 2. The summed E-state index contributed by atoms with van der Waals surface area (Å²) in [5, 5.41) is 2.94. The Kier molecular flexibility index (Phi) is 3.73. The van der Waals surface area contributed by atoms with E-state index in [-0.39, 0.29) is 17.7 Å². The van der Waals surface area contributed by atoms with Crippen molar-refractivity contribution in [2.24, 2.45) is 5.92 Å². The monoisotopic (exact) mass is 351 g/mol. The summed E-state index contributed by atoms with van der Waals surface area (Å²) in [5.74, 6) is 0.263. The molecule has 1 aliphatic carbocycles. The highest BCUT2D eigenvalue weighted by Crippen LogP contribution is 2.41. The largest absolute Gasteiger partial charge is 0.342 e. The summed E-state index contributed by atoms with van der Waals surface area (Å²) in [7, 11) is 0. The van der Waals surface area contributed by atoms with Crippen LogP contribution in [0.4, 0.5) is 0 Å². The number of hydrogen-bond donors (Lipinski definition) is 1. The van der Waals surface area contributed by atoms with Crippen LogP contribution >= 0.6 is 15.9 Å². The number of pyridine rings is 1. The van der Waals surface area contributed by atoms with Gasteiger partial charge in [0.2, 0.25) is 11.8 Å². The fourth-order valence-electron chi connectivity index (χ4n) is 2.92. The van der Waals surface area contributed by atoms with Gasteiger partial charge < -0.3 is 10.2 Å². The van der Waals surface area contributed by atoms with E-state index < -0.39 is 5.54 Å². The van der Waals surface area contributed by atoms with Crippen LogP contribution in [-0.4, -0.2) is 33.8 Å². The molecule has 2 amide bonds. The molecule has 1 aromatic rings. The molecule has 1 atom stereocenters. The molecule has 1 aromatic heterocycles. The van der Waals surface area contributed by atoms with Crippen LogP contribution in [0.5, 0.6) is 0 Å². The number of hydrogen-bond acceptors (Lipinski definition) is 3. The summed E-state index contributed by atoms with van der Waals surface area (Å²) in [5.41, 5.74) is 0.220. The molecule has 1 saturated heterocycles. The number of aromatic nitrogens is 1. The molecule has 1 aliphatic heterocycles. The normalized spacial score (nSPS) is 26.5. The van der Waals surface area contributed by atoms with Crippen LogP contribution in [0.1, 0.15) is 31.7 Å². The van der Waals surface area contributed by atoms with Crippen LogP contribution in [0.25, 0.3) is 0 Å². The molecule has 21 heavy (non-hydrogen) atoms. The minimum absolute atomic E-state index is 0.0239. The van der Waals surface area contributed by atoms with E-state index in [9.17, 15) is 9.59 Å². The molecule has 112 valence electrons. The Labute approximate surface area is 132 Å². The predicted octanol–water partition coefficient (Wildman–Crippen LogP) is 1.86. The molecule has 1 N–H and O–H groups in total. The number of rotatable bonds is 3. The standard InChI is InChI=1S/C15H18BrN3O2/c1-15(11-2-3-11)14(21)19(5-4-13(20)18-15)9-10-6-12(16)8-17-7-10/h6-8,11H,2-5,9H2,1H3,(H,18,20). The van der Waals surface area contributed by atoms with Crippen molar-refractivity contribution in [3.05, 3.63) is 28.5 Å². The molecular weight excluding hydrogens is 334 g/mol. The quantitative estimate of drug-likeness (QED) is 0.903. The molecule has 3 rings (SSSR count). The first-order valence-electron chi connectivity index (χ1n) is 7.19. The van der Waals surface area contributed by atoms with Crippen molar-refractivity contribution in [3.63, 3.8) is 0 Å². The Morgan fingerprint density at radius 3 is 2.86 bits per heavy atom. The molecule has 2 fully saturated rings. The Bertz CT molecular complexity index is 588. The van der Waals surface area contributed by atoms with Gasteiger partial charge in [0.05, 0.1) is 0 Å². The van der Waals surface area contributed by atoms with Gasteiger partial charge in [-0.2, -0.15) is 0 Å². The van der Waals surface area contributed by atoms with Crippen LogP contribution in [0.3, 0.4) is 0 Å². The maximum Gasteiger partial charge on any atom is 0.248 e. The van der Waals surface area contributed by atoms with Gasteiger partial charge in [0.15, 0.2) is 0 Å². The number of carbonyl (C=O) groups excluding carboxylic acids is 2. The molecule has 6 heteroatoms. The minimum Gasteiger partial charge on any atom is -0.342 e. The average Bonchev–Trinajstić information content (AvgIpc) is 3.26. The average molecular weight is 352 g/mol. The Morgan fingerprint density at radius 1 is 1.43 bits per heavy atom. The van der Waals surface area contributed by atoms with Crippen molar-refractivity contribution in [1.29, 1.82) is 0 Å². The number of halogens is 1. The zero-order valence-electron chi connectivity index (χ0n) is 11.9. The topological polar surface area (TPSA) is 62.3 Å². The van der Waals surface area contributed by atoms with Crippen molar-refractivity contribution in [3.8, 4) is 0 Å². The second kappa shape index (κ2) is 5.40. The molecule has 1 unspecified atom stereocenters. The third-order valence-corrected chi connectivity index (χ3v) is 4.70. The van der Waals surface area contributed by atoms with E-state index in [0.717, 1.165) is 22.9 Å². The first-order valence-corrected chi connectivity index (χ1v) is 7.98. The van der Waals surface area contributed by atoms with E-state index in [2.05, 4.69) is 26.2 Å². The van der Waals surface area contributed by atoms with Gasteiger partial charge in [0.25, 0.3) is 0 Å². The lowest BCUT2D eigenvalue weighted by Gasteiger charge is -2.32. The van der Waals surface area contributed by atoms with Gasteiger partial charge in [-0.05, 0) is 53.2 Å². The van der Waals surface area contributed by atoms with Crippen molar-refractivity contribution in [2.45, 2.75) is 38.3 Å². The Hall–Kier alpha value is -1.43. The van der Waals surface area contributed by atoms with Gasteiger partial charge in [-0.25, -0.2) is 0 Å². The van der Waals surface area contributed by atoms with Crippen LogP contribution in [0.2, 0.25) is 0 Å². The highest BCUT2D eigenvalue weighted by atomic mass is 79.9. The smallest absolute Gasteiger partial charge is 0.248 e. The molecule has 0 spiro atoms.